The molecule has 0 radical (unpaired) electrons. The van der Waals surface area contributed by atoms with Gasteiger partial charge in [-0.3, -0.25) is 0 Å². The third-order valence-electron chi connectivity index (χ3n) is 2.59. The molecule has 0 bridgehead atoms. The van der Waals surface area contributed by atoms with Crippen LogP contribution in [0.25, 0.3) is 0 Å². The SMILES string of the molecule is C=C(O)CNc1ccc(C)cc1Oc1ccccc1. The summed E-state index contributed by atoms with van der Waals surface area (Å²) in [6.45, 7) is 5.76. The highest BCUT2D eigenvalue weighted by atomic mass is 16.5. The first-order valence-corrected chi connectivity index (χ1v) is 6.09. The topological polar surface area (TPSA) is 41.5 Å². The van der Waals surface area contributed by atoms with Gasteiger partial charge >= 0.3 is 0 Å². The molecule has 0 aliphatic carbocycles. The van der Waals surface area contributed by atoms with Crippen LogP contribution in [0.2, 0.25) is 0 Å². The van der Waals surface area contributed by atoms with Gasteiger partial charge in [-0.2, -0.15) is 0 Å². The lowest BCUT2D eigenvalue weighted by molar-refractivity contribution is 0.410. The molecule has 0 saturated carbocycles. The molecule has 0 aliphatic heterocycles. The van der Waals surface area contributed by atoms with Crippen molar-refractivity contribution >= 4 is 5.69 Å². The summed E-state index contributed by atoms with van der Waals surface area (Å²) in [5.41, 5.74) is 1.93. The van der Waals surface area contributed by atoms with E-state index in [1.165, 1.54) is 0 Å². The lowest BCUT2D eigenvalue weighted by atomic mass is 10.2. The molecule has 2 aromatic carbocycles. The van der Waals surface area contributed by atoms with Gasteiger partial charge in [0.05, 0.1) is 12.2 Å². The molecule has 0 amide bonds. The van der Waals surface area contributed by atoms with Crippen LogP contribution in [-0.4, -0.2) is 11.7 Å². The number of anilines is 1. The Labute approximate surface area is 113 Å². The Morgan fingerprint density at radius 2 is 1.95 bits per heavy atom. The number of aryl methyl sites for hydroxylation is 1. The number of rotatable bonds is 5. The highest BCUT2D eigenvalue weighted by Gasteiger charge is 2.05. The summed E-state index contributed by atoms with van der Waals surface area (Å²) < 4.78 is 5.85. The fourth-order valence-corrected chi connectivity index (χ4v) is 1.67. The molecule has 0 unspecified atom stereocenters. The first kappa shape index (κ1) is 13.0. The molecule has 0 heterocycles. The molecular formula is C16H17NO2. The van der Waals surface area contributed by atoms with E-state index >= 15 is 0 Å². The smallest absolute Gasteiger partial charge is 0.150 e. The van der Waals surface area contributed by atoms with Crippen LogP contribution in [-0.2, 0) is 0 Å². The molecule has 0 atom stereocenters. The van der Waals surface area contributed by atoms with Crippen LogP contribution < -0.4 is 10.1 Å². The molecule has 19 heavy (non-hydrogen) atoms. The highest BCUT2D eigenvalue weighted by Crippen LogP contribution is 2.30. The molecule has 0 aromatic heterocycles. The number of hydrogen-bond acceptors (Lipinski definition) is 3. The van der Waals surface area contributed by atoms with Crippen LogP contribution in [0.5, 0.6) is 11.5 Å². The third kappa shape index (κ3) is 3.78. The molecule has 0 spiro atoms. The highest BCUT2D eigenvalue weighted by molar-refractivity contribution is 5.59. The average Bonchev–Trinajstić information content (AvgIpc) is 2.39. The number of ether oxygens (including phenoxy) is 1. The third-order valence-corrected chi connectivity index (χ3v) is 2.59. The quantitative estimate of drug-likeness (QED) is 0.784. The van der Waals surface area contributed by atoms with E-state index in [4.69, 9.17) is 9.84 Å². The average molecular weight is 255 g/mol. The molecule has 0 fully saturated rings. The minimum Gasteiger partial charge on any atom is -0.511 e. The van der Waals surface area contributed by atoms with E-state index in [2.05, 4.69) is 11.9 Å². The van der Waals surface area contributed by atoms with Gasteiger partial charge in [0.15, 0.2) is 5.75 Å². The predicted molar refractivity (Wildman–Crippen MR) is 78.0 cm³/mol. The van der Waals surface area contributed by atoms with Gasteiger partial charge in [-0.25, -0.2) is 0 Å². The first-order valence-electron chi connectivity index (χ1n) is 6.09. The Morgan fingerprint density at radius 3 is 2.63 bits per heavy atom. The Kier molecular flexibility index (Phi) is 4.08. The van der Waals surface area contributed by atoms with Crippen molar-refractivity contribution in [3.63, 3.8) is 0 Å². The maximum absolute atomic E-state index is 9.15. The largest absolute Gasteiger partial charge is 0.511 e. The number of benzene rings is 2. The number of hydrogen-bond donors (Lipinski definition) is 2. The lowest BCUT2D eigenvalue weighted by Crippen LogP contribution is -2.04. The van der Waals surface area contributed by atoms with Crippen LogP contribution >= 0.6 is 0 Å². The van der Waals surface area contributed by atoms with Gasteiger partial charge < -0.3 is 15.2 Å². The zero-order valence-electron chi connectivity index (χ0n) is 10.9. The van der Waals surface area contributed by atoms with Crippen molar-refractivity contribution in [2.75, 3.05) is 11.9 Å². The lowest BCUT2D eigenvalue weighted by Gasteiger charge is -2.13. The monoisotopic (exact) mass is 255 g/mol. The van der Waals surface area contributed by atoms with Gasteiger partial charge in [0.2, 0.25) is 0 Å². The van der Waals surface area contributed by atoms with E-state index in [9.17, 15) is 0 Å². The Hall–Kier alpha value is -2.42. The van der Waals surface area contributed by atoms with Gasteiger partial charge in [0.1, 0.15) is 11.5 Å². The summed E-state index contributed by atoms with van der Waals surface area (Å²) >= 11 is 0. The number of nitrogens with one attached hydrogen (secondary N) is 1. The number of aliphatic hydroxyl groups excluding tert-OH is 1. The van der Waals surface area contributed by atoms with Crippen molar-refractivity contribution < 1.29 is 9.84 Å². The van der Waals surface area contributed by atoms with Crippen LogP contribution in [0.3, 0.4) is 0 Å². The van der Waals surface area contributed by atoms with E-state index in [1.807, 2.05) is 55.5 Å². The van der Waals surface area contributed by atoms with E-state index in [1.54, 1.807) is 0 Å². The minimum atomic E-state index is 0.0891. The van der Waals surface area contributed by atoms with Crippen LogP contribution in [0.4, 0.5) is 5.69 Å². The zero-order valence-corrected chi connectivity index (χ0v) is 10.9. The summed E-state index contributed by atoms with van der Waals surface area (Å²) in [4.78, 5) is 0. The van der Waals surface area contributed by atoms with Gasteiger partial charge in [-0.15, -0.1) is 0 Å². The van der Waals surface area contributed by atoms with Crippen LogP contribution in [0, 0.1) is 6.92 Å². The fourth-order valence-electron chi connectivity index (χ4n) is 1.67. The van der Waals surface area contributed by atoms with E-state index < -0.39 is 0 Å². The fraction of sp³-hybridized carbons (Fsp3) is 0.125. The van der Waals surface area contributed by atoms with Crippen LogP contribution in [0.15, 0.2) is 60.9 Å². The van der Waals surface area contributed by atoms with E-state index in [0.29, 0.717) is 6.54 Å². The molecular weight excluding hydrogens is 238 g/mol. The van der Waals surface area contributed by atoms with Crippen molar-refractivity contribution in [1.82, 2.24) is 0 Å². The second-order valence-corrected chi connectivity index (χ2v) is 4.33. The maximum Gasteiger partial charge on any atom is 0.150 e. The van der Waals surface area contributed by atoms with Crippen molar-refractivity contribution in [2.45, 2.75) is 6.92 Å². The van der Waals surface area contributed by atoms with Crippen molar-refractivity contribution in [3.8, 4) is 11.5 Å². The normalized spacial score (nSPS) is 9.95. The maximum atomic E-state index is 9.15. The summed E-state index contributed by atoms with van der Waals surface area (Å²) in [5, 5.41) is 12.2. The van der Waals surface area contributed by atoms with Crippen molar-refractivity contribution in [1.29, 1.82) is 0 Å². The summed E-state index contributed by atoms with van der Waals surface area (Å²) in [6.07, 6.45) is 0. The zero-order chi connectivity index (χ0) is 13.7. The Balaban J connectivity index is 2.22. The summed E-state index contributed by atoms with van der Waals surface area (Å²) in [6, 6.07) is 15.5. The second kappa shape index (κ2) is 5.96. The van der Waals surface area contributed by atoms with Crippen molar-refractivity contribution in [3.05, 3.63) is 66.4 Å². The van der Waals surface area contributed by atoms with Gasteiger partial charge in [-0.1, -0.05) is 30.8 Å². The van der Waals surface area contributed by atoms with Crippen LogP contribution in [0.1, 0.15) is 5.56 Å². The molecule has 98 valence electrons. The van der Waals surface area contributed by atoms with E-state index in [0.717, 1.165) is 22.7 Å². The van der Waals surface area contributed by atoms with Gasteiger partial charge in [0, 0.05) is 0 Å². The molecule has 2 N–H and O–H groups in total. The number of para-hydroxylation sites is 1. The van der Waals surface area contributed by atoms with Gasteiger partial charge in [0.25, 0.3) is 0 Å². The predicted octanol–water partition coefficient (Wildman–Crippen LogP) is 4.27. The first-order chi connectivity index (χ1) is 9.15. The Bertz CT molecular complexity index is 564. The molecule has 0 saturated heterocycles. The van der Waals surface area contributed by atoms with Gasteiger partial charge in [-0.05, 0) is 36.8 Å². The Morgan fingerprint density at radius 1 is 1.21 bits per heavy atom. The summed E-state index contributed by atoms with van der Waals surface area (Å²) in [5.74, 6) is 1.60. The standard InChI is InChI=1S/C16H17NO2/c1-12-8-9-15(17-11-13(2)18)16(10-12)19-14-6-4-3-5-7-14/h3-10,17-18H,2,11H2,1H3. The second-order valence-electron chi connectivity index (χ2n) is 4.33. The molecule has 3 heteroatoms. The van der Waals surface area contributed by atoms with E-state index in [-0.39, 0.29) is 5.76 Å². The molecule has 2 aromatic rings. The molecule has 2 rings (SSSR count). The number of aliphatic hydroxyl groups is 1. The van der Waals surface area contributed by atoms with Crippen molar-refractivity contribution in [2.24, 2.45) is 0 Å². The minimum absolute atomic E-state index is 0.0891. The molecule has 3 nitrogen and oxygen atoms in total. The summed E-state index contributed by atoms with van der Waals surface area (Å²) in [7, 11) is 0. The molecule has 0 aliphatic rings.